The van der Waals surface area contributed by atoms with Gasteiger partial charge in [0.2, 0.25) is 0 Å². The Labute approximate surface area is 106 Å². The predicted molar refractivity (Wildman–Crippen MR) is 69.0 cm³/mol. The average Bonchev–Trinajstić information content (AvgIpc) is 2.58. The molecule has 1 N–H and O–H groups in total. The smallest absolute Gasteiger partial charge is 0.337 e. The lowest BCUT2D eigenvalue weighted by Crippen LogP contribution is -2.22. The number of hydrogen-bond donors (Lipinski definition) is 1. The van der Waals surface area contributed by atoms with Crippen LogP contribution in [0.3, 0.4) is 0 Å². The number of benzene rings is 1. The van der Waals surface area contributed by atoms with Gasteiger partial charge in [0.25, 0.3) is 0 Å². The first-order valence-corrected chi connectivity index (χ1v) is 6.05. The fourth-order valence-electron chi connectivity index (χ4n) is 2.21. The Balaban J connectivity index is 2.24. The van der Waals surface area contributed by atoms with Crippen LogP contribution in [0.5, 0.6) is 0 Å². The molecule has 0 radical (unpaired) electrons. The Morgan fingerprint density at radius 1 is 1.47 bits per heavy atom. The van der Waals surface area contributed by atoms with E-state index >= 15 is 0 Å². The van der Waals surface area contributed by atoms with Crippen molar-refractivity contribution in [2.45, 2.75) is 20.3 Å². The van der Waals surface area contributed by atoms with Crippen LogP contribution in [0.4, 0.5) is 5.69 Å². The number of nitrogens with zero attached hydrogens (tertiary/aromatic N) is 1. The van der Waals surface area contributed by atoms with Gasteiger partial charge in [-0.05, 0) is 30.0 Å². The zero-order chi connectivity index (χ0) is 12.6. The third-order valence-corrected chi connectivity index (χ3v) is 3.54. The molecular formula is C13H16ClNO2. The number of carbonyl (C=O) groups is 1. The van der Waals surface area contributed by atoms with Gasteiger partial charge >= 0.3 is 5.97 Å². The normalized spacial score (nSPS) is 18.4. The topological polar surface area (TPSA) is 40.5 Å². The molecule has 1 aromatic rings. The summed E-state index contributed by atoms with van der Waals surface area (Å²) < 4.78 is 0. The van der Waals surface area contributed by atoms with Crippen molar-refractivity contribution in [3.05, 3.63) is 28.8 Å². The third-order valence-electron chi connectivity index (χ3n) is 3.23. The number of rotatable bonds is 2. The molecule has 0 aromatic heterocycles. The summed E-state index contributed by atoms with van der Waals surface area (Å²) in [5.74, 6) is -0.983. The van der Waals surface area contributed by atoms with Crippen LogP contribution < -0.4 is 4.90 Å². The first kappa shape index (κ1) is 12.2. The highest BCUT2D eigenvalue weighted by Crippen LogP contribution is 2.33. The quantitative estimate of drug-likeness (QED) is 0.879. The van der Waals surface area contributed by atoms with Gasteiger partial charge < -0.3 is 10.0 Å². The molecule has 0 spiro atoms. The number of carboxylic acids is 1. The zero-order valence-corrected chi connectivity index (χ0v) is 10.8. The lowest BCUT2D eigenvalue weighted by Gasteiger charge is -2.22. The third kappa shape index (κ3) is 2.55. The fraction of sp³-hybridized carbons (Fsp3) is 0.462. The van der Waals surface area contributed by atoms with Gasteiger partial charge in [-0.15, -0.1) is 0 Å². The molecule has 1 heterocycles. The number of aromatic carboxylic acids is 1. The van der Waals surface area contributed by atoms with Gasteiger partial charge in [-0.3, -0.25) is 0 Å². The Bertz CT molecular complexity index is 457. The summed E-state index contributed by atoms with van der Waals surface area (Å²) in [5, 5.41) is 9.21. The molecular weight excluding hydrogens is 238 g/mol. The Kier molecular flexibility index (Phi) is 3.04. The van der Waals surface area contributed by atoms with Crippen LogP contribution in [0.25, 0.3) is 0 Å². The molecule has 0 aliphatic carbocycles. The van der Waals surface area contributed by atoms with E-state index in [-0.39, 0.29) is 5.56 Å². The molecule has 17 heavy (non-hydrogen) atoms. The zero-order valence-electron chi connectivity index (χ0n) is 10.0. The molecule has 1 aromatic carbocycles. The van der Waals surface area contributed by atoms with E-state index in [0.717, 1.165) is 25.2 Å². The van der Waals surface area contributed by atoms with Crippen molar-refractivity contribution in [3.63, 3.8) is 0 Å². The van der Waals surface area contributed by atoms with Crippen molar-refractivity contribution < 1.29 is 9.90 Å². The maximum absolute atomic E-state index is 10.9. The van der Waals surface area contributed by atoms with Crippen LogP contribution in [0.2, 0.25) is 5.02 Å². The van der Waals surface area contributed by atoms with Crippen LogP contribution in [0.15, 0.2) is 18.2 Å². The SMILES string of the molecule is CC1(C)CCN(c2ccc(C(=O)O)c(Cl)c2)C1. The van der Waals surface area contributed by atoms with Crippen LogP contribution in [0.1, 0.15) is 30.6 Å². The highest BCUT2D eigenvalue weighted by Gasteiger charge is 2.29. The van der Waals surface area contributed by atoms with Gasteiger partial charge in [-0.25, -0.2) is 4.79 Å². The van der Waals surface area contributed by atoms with Crippen molar-refractivity contribution in [1.82, 2.24) is 0 Å². The second-order valence-corrected chi connectivity index (χ2v) is 5.71. The highest BCUT2D eigenvalue weighted by molar-refractivity contribution is 6.33. The van der Waals surface area contributed by atoms with E-state index in [2.05, 4.69) is 18.7 Å². The predicted octanol–water partition coefficient (Wildman–Crippen LogP) is 3.27. The van der Waals surface area contributed by atoms with Gasteiger partial charge in [0.1, 0.15) is 0 Å². The van der Waals surface area contributed by atoms with E-state index in [1.54, 1.807) is 12.1 Å². The molecule has 3 nitrogen and oxygen atoms in total. The summed E-state index contributed by atoms with van der Waals surface area (Å²) in [7, 11) is 0. The molecule has 0 amide bonds. The van der Waals surface area contributed by atoms with Crippen molar-refractivity contribution in [2.75, 3.05) is 18.0 Å². The second-order valence-electron chi connectivity index (χ2n) is 5.31. The van der Waals surface area contributed by atoms with Crippen LogP contribution in [-0.2, 0) is 0 Å². The molecule has 92 valence electrons. The number of anilines is 1. The molecule has 0 unspecified atom stereocenters. The van der Waals surface area contributed by atoms with Crippen molar-refractivity contribution in [2.24, 2.45) is 5.41 Å². The Morgan fingerprint density at radius 2 is 2.18 bits per heavy atom. The first-order chi connectivity index (χ1) is 7.89. The van der Waals surface area contributed by atoms with E-state index < -0.39 is 5.97 Å². The average molecular weight is 254 g/mol. The molecule has 1 aliphatic heterocycles. The largest absolute Gasteiger partial charge is 0.478 e. The Morgan fingerprint density at radius 3 is 2.65 bits per heavy atom. The highest BCUT2D eigenvalue weighted by atomic mass is 35.5. The van der Waals surface area contributed by atoms with Gasteiger partial charge in [0.15, 0.2) is 0 Å². The second kappa shape index (κ2) is 4.22. The minimum atomic E-state index is -0.983. The lowest BCUT2D eigenvalue weighted by molar-refractivity contribution is 0.0697. The summed E-state index contributed by atoms with van der Waals surface area (Å²) in [6.07, 6.45) is 1.14. The first-order valence-electron chi connectivity index (χ1n) is 5.67. The van der Waals surface area contributed by atoms with Gasteiger partial charge in [0.05, 0.1) is 10.6 Å². The molecule has 2 rings (SSSR count). The molecule has 0 saturated carbocycles. The molecule has 1 fully saturated rings. The fourth-order valence-corrected chi connectivity index (χ4v) is 2.46. The number of halogens is 1. The Hall–Kier alpha value is -1.22. The van der Waals surface area contributed by atoms with E-state index in [4.69, 9.17) is 16.7 Å². The summed E-state index contributed by atoms with van der Waals surface area (Å²) >= 11 is 5.97. The van der Waals surface area contributed by atoms with E-state index in [1.807, 2.05) is 6.07 Å². The molecule has 4 heteroatoms. The monoisotopic (exact) mass is 253 g/mol. The standard InChI is InChI=1S/C13H16ClNO2/c1-13(2)5-6-15(8-13)9-3-4-10(12(16)17)11(14)7-9/h3-4,7H,5-6,8H2,1-2H3,(H,16,17). The van der Waals surface area contributed by atoms with Crippen molar-refractivity contribution in [3.8, 4) is 0 Å². The van der Waals surface area contributed by atoms with Crippen LogP contribution in [0, 0.1) is 5.41 Å². The molecule has 1 aliphatic rings. The molecule has 0 atom stereocenters. The molecule has 0 bridgehead atoms. The van der Waals surface area contributed by atoms with E-state index in [1.165, 1.54) is 0 Å². The van der Waals surface area contributed by atoms with Crippen molar-refractivity contribution >= 4 is 23.3 Å². The van der Waals surface area contributed by atoms with Gasteiger partial charge in [0, 0.05) is 18.8 Å². The summed E-state index contributed by atoms with van der Waals surface area (Å²) in [6, 6.07) is 5.15. The number of hydrogen-bond acceptors (Lipinski definition) is 2. The van der Waals surface area contributed by atoms with Gasteiger partial charge in [-0.1, -0.05) is 25.4 Å². The maximum atomic E-state index is 10.9. The summed E-state index contributed by atoms with van der Waals surface area (Å²) in [6.45, 7) is 6.45. The molecule has 1 saturated heterocycles. The van der Waals surface area contributed by atoms with Crippen molar-refractivity contribution in [1.29, 1.82) is 0 Å². The lowest BCUT2D eigenvalue weighted by atomic mass is 9.93. The summed E-state index contributed by atoms with van der Waals surface area (Å²) in [5.41, 5.74) is 1.48. The number of carboxylic acid groups (broad SMARTS) is 1. The van der Waals surface area contributed by atoms with Crippen LogP contribution >= 0.6 is 11.6 Å². The minimum absolute atomic E-state index is 0.161. The van der Waals surface area contributed by atoms with Gasteiger partial charge in [-0.2, -0.15) is 0 Å². The maximum Gasteiger partial charge on any atom is 0.337 e. The summed E-state index contributed by atoms with van der Waals surface area (Å²) in [4.78, 5) is 13.1. The van der Waals surface area contributed by atoms with Crippen LogP contribution in [-0.4, -0.2) is 24.2 Å². The minimum Gasteiger partial charge on any atom is -0.478 e. The van der Waals surface area contributed by atoms with E-state index in [9.17, 15) is 4.79 Å². The van der Waals surface area contributed by atoms with E-state index in [0.29, 0.717) is 10.4 Å².